The van der Waals surface area contributed by atoms with Crippen molar-refractivity contribution in [2.45, 2.75) is 38.5 Å². The SMILES string of the molecule is CC(=O)NCC1C(=O)N2CCCc3nc(NCc4ccc(Oc5cnc(C(F)(F)F)nc5)nc4)nc(c32)N1C. The van der Waals surface area contributed by atoms with Gasteiger partial charge in [0.05, 0.1) is 18.1 Å². The Bertz CT molecular complexity index is 1380. The Morgan fingerprint density at radius 3 is 2.59 bits per heavy atom. The molecule has 1 atom stereocenters. The predicted molar refractivity (Wildman–Crippen MR) is 132 cm³/mol. The fourth-order valence-electron chi connectivity index (χ4n) is 4.35. The number of ether oxygens (including phenoxy) is 1. The molecule has 2 amide bonds. The lowest BCUT2D eigenvalue weighted by atomic mass is 10.0. The molecule has 2 N–H and O–H groups in total. The molecule has 12 nitrogen and oxygen atoms in total. The van der Waals surface area contributed by atoms with Crippen molar-refractivity contribution < 1.29 is 27.5 Å². The standard InChI is InChI=1S/C24H24F3N9O3/c1-13(37)28-12-17-21(38)36-7-3-4-16-19(36)20(35(17)2)34-23(33-16)32-9-14-5-6-18(29-8-14)39-15-10-30-22(31-11-15)24(25,26)27/h5-6,8,10-11,17H,3-4,7,9,12H2,1-2H3,(H,28,37)(H,32,33,34). The topological polar surface area (TPSA) is 138 Å². The van der Waals surface area contributed by atoms with Crippen molar-refractivity contribution in [2.75, 3.05) is 35.3 Å². The Labute approximate surface area is 220 Å². The highest BCUT2D eigenvalue weighted by Gasteiger charge is 2.41. The third kappa shape index (κ3) is 5.51. The summed E-state index contributed by atoms with van der Waals surface area (Å²) in [5.74, 6) is -0.398. The zero-order chi connectivity index (χ0) is 27.7. The number of alkyl halides is 3. The van der Waals surface area contributed by atoms with E-state index in [0.29, 0.717) is 37.0 Å². The van der Waals surface area contributed by atoms with Gasteiger partial charge in [0, 0.05) is 45.9 Å². The summed E-state index contributed by atoms with van der Waals surface area (Å²) >= 11 is 0. The van der Waals surface area contributed by atoms with Crippen molar-refractivity contribution >= 4 is 29.3 Å². The molecule has 15 heteroatoms. The number of pyridine rings is 1. The van der Waals surface area contributed by atoms with Crippen LogP contribution in [0.3, 0.4) is 0 Å². The van der Waals surface area contributed by atoms with Crippen LogP contribution in [0, 0.1) is 0 Å². The van der Waals surface area contributed by atoms with Crippen LogP contribution in [0.4, 0.5) is 30.6 Å². The second-order valence-electron chi connectivity index (χ2n) is 9.02. The summed E-state index contributed by atoms with van der Waals surface area (Å²) in [6, 6.07) is 2.72. The first-order valence-electron chi connectivity index (χ1n) is 12.1. The number of amides is 2. The van der Waals surface area contributed by atoms with Crippen molar-refractivity contribution in [3.63, 3.8) is 0 Å². The van der Waals surface area contributed by atoms with Gasteiger partial charge >= 0.3 is 6.18 Å². The van der Waals surface area contributed by atoms with Crippen LogP contribution in [-0.4, -0.2) is 62.9 Å². The van der Waals surface area contributed by atoms with Gasteiger partial charge in [-0.3, -0.25) is 9.59 Å². The van der Waals surface area contributed by atoms with Gasteiger partial charge in [0.2, 0.25) is 23.6 Å². The number of nitrogens with zero attached hydrogens (tertiary/aromatic N) is 7. The second-order valence-corrected chi connectivity index (χ2v) is 9.02. The molecule has 204 valence electrons. The monoisotopic (exact) mass is 543 g/mol. The molecule has 0 saturated heterocycles. The van der Waals surface area contributed by atoms with Crippen LogP contribution in [-0.2, 0) is 28.7 Å². The molecule has 5 heterocycles. The summed E-state index contributed by atoms with van der Waals surface area (Å²) in [4.78, 5) is 48.0. The summed E-state index contributed by atoms with van der Waals surface area (Å²) in [5, 5.41) is 5.90. The number of aryl methyl sites for hydroxylation is 1. The van der Waals surface area contributed by atoms with E-state index in [1.54, 1.807) is 35.2 Å². The van der Waals surface area contributed by atoms with E-state index in [9.17, 15) is 22.8 Å². The average molecular weight is 544 g/mol. The zero-order valence-electron chi connectivity index (χ0n) is 21.0. The van der Waals surface area contributed by atoms with Crippen LogP contribution in [0.2, 0.25) is 0 Å². The Kier molecular flexibility index (Phi) is 6.89. The minimum atomic E-state index is -4.63. The van der Waals surface area contributed by atoms with E-state index in [0.717, 1.165) is 30.1 Å². The van der Waals surface area contributed by atoms with Crippen LogP contribution in [0.1, 0.15) is 30.4 Å². The summed E-state index contributed by atoms with van der Waals surface area (Å²) in [7, 11) is 1.77. The molecule has 5 rings (SSSR count). The van der Waals surface area contributed by atoms with E-state index >= 15 is 0 Å². The molecule has 2 aliphatic rings. The number of carbonyl (C=O) groups excluding carboxylic acids is 2. The number of aromatic nitrogens is 5. The van der Waals surface area contributed by atoms with Gasteiger partial charge in [0.25, 0.3) is 5.91 Å². The third-order valence-corrected chi connectivity index (χ3v) is 6.25. The highest BCUT2D eigenvalue weighted by Crippen LogP contribution is 2.39. The zero-order valence-corrected chi connectivity index (χ0v) is 21.0. The first-order valence-corrected chi connectivity index (χ1v) is 12.1. The smallest absolute Gasteiger partial charge is 0.436 e. The van der Waals surface area contributed by atoms with Gasteiger partial charge in [-0.2, -0.15) is 18.2 Å². The molecular weight excluding hydrogens is 519 g/mol. The lowest BCUT2D eigenvalue weighted by Gasteiger charge is -2.42. The van der Waals surface area contributed by atoms with Crippen molar-refractivity contribution in [2.24, 2.45) is 0 Å². The molecule has 3 aromatic heterocycles. The lowest BCUT2D eigenvalue weighted by Crippen LogP contribution is -2.58. The lowest BCUT2D eigenvalue weighted by molar-refractivity contribution is -0.145. The molecule has 0 aliphatic carbocycles. The Balaban J connectivity index is 1.27. The normalized spacial score (nSPS) is 16.5. The van der Waals surface area contributed by atoms with Crippen LogP contribution in [0.15, 0.2) is 30.7 Å². The van der Waals surface area contributed by atoms with Crippen molar-refractivity contribution in [1.82, 2.24) is 30.2 Å². The number of hydrogen-bond acceptors (Lipinski definition) is 10. The molecule has 0 spiro atoms. The fourth-order valence-corrected chi connectivity index (χ4v) is 4.35. The number of carbonyl (C=O) groups is 2. The predicted octanol–water partition coefficient (Wildman–Crippen LogP) is 2.32. The number of halogens is 3. The first kappa shape index (κ1) is 26.1. The van der Waals surface area contributed by atoms with Crippen molar-refractivity contribution in [3.8, 4) is 11.6 Å². The van der Waals surface area contributed by atoms with Gasteiger partial charge in [-0.25, -0.2) is 19.9 Å². The van der Waals surface area contributed by atoms with Crippen molar-refractivity contribution in [3.05, 3.63) is 47.8 Å². The molecule has 0 fully saturated rings. The van der Waals surface area contributed by atoms with Gasteiger partial charge in [-0.15, -0.1) is 0 Å². The first-order chi connectivity index (χ1) is 18.6. The number of nitrogens with one attached hydrogen (secondary N) is 2. The Morgan fingerprint density at radius 1 is 1.15 bits per heavy atom. The average Bonchev–Trinajstić information content (AvgIpc) is 2.90. The summed E-state index contributed by atoms with van der Waals surface area (Å²) in [5.41, 5.74) is 2.25. The van der Waals surface area contributed by atoms with E-state index in [1.807, 2.05) is 0 Å². The molecular formula is C24H24F3N9O3. The number of anilines is 3. The molecule has 1 unspecified atom stereocenters. The minimum Gasteiger partial charge on any atom is -0.436 e. The molecule has 0 radical (unpaired) electrons. The van der Waals surface area contributed by atoms with Crippen LogP contribution >= 0.6 is 0 Å². The van der Waals surface area contributed by atoms with E-state index in [2.05, 4.69) is 35.6 Å². The van der Waals surface area contributed by atoms with Gasteiger partial charge in [0.15, 0.2) is 11.6 Å². The number of rotatable bonds is 7. The Hall–Kier alpha value is -4.56. The maximum atomic E-state index is 13.1. The molecule has 39 heavy (non-hydrogen) atoms. The van der Waals surface area contributed by atoms with E-state index in [-0.39, 0.29) is 30.0 Å². The van der Waals surface area contributed by atoms with Gasteiger partial charge in [0.1, 0.15) is 11.7 Å². The van der Waals surface area contributed by atoms with E-state index in [1.165, 1.54) is 6.92 Å². The summed E-state index contributed by atoms with van der Waals surface area (Å²) in [6.07, 6.45) is 0.241. The Morgan fingerprint density at radius 2 is 1.92 bits per heavy atom. The maximum absolute atomic E-state index is 13.1. The molecule has 0 saturated carbocycles. The van der Waals surface area contributed by atoms with Crippen LogP contribution in [0.5, 0.6) is 11.6 Å². The van der Waals surface area contributed by atoms with Crippen LogP contribution in [0.25, 0.3) is 0 Å². The highest BCUT2D eigenvalue weighted by molar-refractivity contribution is 6.06. The molecule has 2 aliphatic heterocycles. The third-order valence-electron chi connectivity index (χ3n) is 6.25. The number of likely N-dealkylation sites (N-methyl/N-ethyl adjacent to an activating group) is 1. The molecule has 0 bridgehead atoms. The maximum Gasteiger partial charge on any atom is 0.451 e. The largest absolute Gasteiger partial charge is 0.451 e. The fraction of sp³-hybridized carbons (Fsp3) is 0.375. The van der Waals surface area contributed by atoms with Gasteiger partial charge < -0.3 is 25.2 Å². The van der Waals surface area contributed by atoms with Gasteiger partial charge in [-0.1, -0.05) is 6.07 Å². The van der Waals surface area contributed by atoms with Gasteiger partial charge in [-0.05, 0) is 18.4 Å². The molecule has 3 aromatic rings. The summed E-state index contributed by atoms with van der Waals surface area (Å²) in [6.45, 7) is 2.47. The molecule has 0 aromatic carbocycles. The van der Waals surface area contributed by atoms with E-state index in [4.69, 9.17) is 4.74 Å². The number of hydrogen-bond donors (Lipinski definition) is 2. The minimum absolute atomic E-state index is 0.0197. The highest BCUT2D eigenvalue weighted by atomic mass is 19.4. The quantitative estimate of drug-likeness (QED) is 0.457. The van der Waals surface area contributed by atoms with Crippen molar-refractivity contribution in [1.29, 1.82) is 0 Å². The van der Waals surface area contributed by atoms with E-state index < -0.39 is 18.0 Å². The summed E-state index contributed by atoms with van der Waals surface area (Å²) < 4.78 is 43.3. The second kappa shape index (κ2) is 10.3. The van der Waals surface area contributed by atoms with Crippen LogP contribution < -0.4 is 25.2 Å².